The lowest BCUT2D eigenvalue weighted by Crippen LogP contribution is -2.51. The van der Waals surface area contributed by atoms with E-state index < -0.39 is 0 Å². The normalized spacial score (nSPS) is 35.0. The second-order valence-corrected chi connectivity index (χ2v) is 6.82. The Bertz CT molecular complexity index is 243. The fourth-order valence-corrected chi connectivity index (χ4v) is 3.94. The van der Waals surface area contributed by atoms with E-state index in [1.165, 1.54) is 64.6 Å². The molecule has 2 heterocycles. The van der Waals surface area contributed by atoms with Gasteiger partial charge >= 0.3 is 0 Å². The summed E-state index contributed by atoms with van der Waals surface area (Å²) >= 11 is 0. The van der Waals surface area contributed by atoms with Gasteiger partial charge in [-0.05, 0) is 71.4 Å². The maximum absolute atomic E-state index is 3.86. The molecule has 106 valence electrons. The largest absolute Gasteiger partial charge is 0.311 e. The molecule has 0 saturated carbocycles. The molecule has 2 aliphatic rings. The van der Waals surface area contributed by atoms with Crippen LogP contribution < -0.4 is 5.32 Å². The van der Waals surface area contributed by atoms with Crippen molar-refractivity contribution in [3.8, 4) is 0 Å². The lowest BCUT2D eigenvalue weighted by molar-refractivity contribution is 0.102. The van der Waals surface area contributed by atoms with Crippen LogP contribution in [0.1, 0.15) is 65.7 Å². The molecule has 2 aliphatic heterocycles. The van der Waals surface area contributed by atoms with Crippen molar-refractivity contribution in [2.24, 2.45) is 5.92 Å². The molecule has 2 heteroatoms. The average Bonchev–Trinajstić information content (AvgIpc) is 2.40. The minimum absolute atomic E-state index is 0.475. The van der Waals surface area contributed by atoms with Crippen molar-refractivity contribution in [3.05, 3.63) is 0 Å². The lowest BCUT2D eigenvalue weighted by atomic mass is 9.77. The molecular formula is C16H32N2. The predicted octanol–water partition coefficient (Wildman–Crippen LogP) is 3.42. The molecule has 18 heavy (non-hydrogen) atoms. The van der Waals surface area contributed by atoms with Gasteiger partial charge in [0.25, 0.3) is 0 Å². The van der Waals surface area contributed by atoms with Crippen molar-refractivity contribution >= 4 is 0 Å². The zero-order valence-corrected chi connectivity index (χ0v) is 12.7. The van der Waals surface area contributed by atoms with Gasteiger partial charge in [0, 0.05) is 18.1 Å². The SMILES string of the molecule is CCC1(CC2CCCN(C(C)C)C2)CCCCN1. The zero-order chi connectivity index (χ0) is 13.0. The second kappa shape index (κ2) is 6.38. The molecule has 2 rings (SSSR count). The molecule has 2 unspecified atom stereocenters. The van der Waals surface area contributed by atoms with E-state index in [2.05, 4.69) is 31.0 Å². The summed E-state index contributed by atoms with van der Waals surface area (Å²) < 4.78 is 0. The summed E-state index contributed by atoms with van der Waals surface area (Å²) in [5.74, 6) is 0.923. The average molecular weight is 252 g/mol. The third-order valence-electron chi connectivity index (χ3n) is 5.22. The number of piperidine rings is 2. The van der Waals surface area contributed by atoms with Gasteiger partial charge in [0.1, 0.15) is 0 Å². The van der Waals surface area contributed by atoms with E-state index in [-0.39, 0.29) is 0 Å². The Labute approximate surface area is 114 Å². The number of nitrogens with one attached hydrogen (secondary N) is 1. The molecule has 2 atom stereocenters. The van der Waals surface area contributed by atoms with E-state index in [4.69, 9.17) is 0 Å². The van der Waals surface area contributed by atoms with Gasteiger partial charge in [0.05, 0.1) is 0 Å². The van der Waals surface area contributed by atoms with Crippen molar-refractivity contribution in [1.29, 1.82) is 0 Å². The van der Waals surface area contributed by atoms with Gasteiger partial charge in [-0.25, -0.2) is 0 Å². The first-order valence-electron chi connectivity index (χ1n) is 8.14. The van der Waals surface area contributed by atoms with Crippen LogP contribution in [0.15, 0.2) is 0 Å². The van der Waals surface area contributed by atoms with Crippen LogP contribution in [0.5, 0.6) is 0 Å². The molecule has 0 aromatic heterocycles. The van der Waals surface area contributed by atoms with E-state index >= 15 is 0 Å². The topological polar surface area (TPSA) is 15.3 Å². The van der Waals surface area contributed by atoms with Gasteiger partial charge in [-0.15, -0.1) is 0 Å². The highest BCUT2D eigenvalue weighted by Gasteiger charge is 2.34. The van der Waals surface area contributed by atoms with E-state index in [0.717, 1.165) is 12.0 Å². The van der Waals surface area contributed by atoms with Gasteiger partial charge in [-0.2, -0.15) is 0 Å². The Morgan fingerprint density at radius 3 is 2.72 bits per heavy atom. The lowest BCUT2D eigenvalue weighted by Gasteiger charge is -2.43. The van der Waals surface area contributed by atoms with Crippen LogP contribution in [0.2, 0.25) is 0 Å². The molecule has 2 fully saturated rings. The number of rotatable bonds is 4. The first-order valence-corrected chi connectivity index (χ1v) is 8.14. The summed E-state index contributed by atoms with van der Waals surface area (Å²) in [4.78, 5) is 2.68. The standard InChI is InChI=1S/C16H32N2/c1-4-16(9-5-6-10-17-16)12-15-8-7-11-18(13-15)14(2)3/h14-15,17H,4-13H2,1-3H3. The van der Waals surface area contributed by atoms with Crippen LogP contribution >= 0.6 is 0 Å². The van der Waals surface area contributed by atoms with Crippen LogP contribution in [0, 0.1) is 5.92 Å². The van der Waals surface area contributed by atoms with Crippen LogP contribution in [-0.4, -0.2) is 36.1 Å². The predicted molar refractivity (Wildman–Crippen MR) is 78.9 cm³/mol. The third kappa shape index (κ3) is 3.48. The van der Waals surface area contributed by atoms with Crippen LogP contribution in [-0.2, 0) is 0 Å². The highest BCUT2D eigenvalue weighted by Crippen LogP contribution is 2.33. The van der Waals surface area contributed by atoms with Gasteiger partial charge in [-0.3, -0.25) is 0 Å². The summed E-state index contributed by atoms with van der Waals surface area (Å²) in [5.41, 5.74) is 0.475. The molecule has 2 saturated heterocycles. The van der Waals surface area contributed by atoms with E-state index in [0.29, 0.717) is 5.54 Å². The highest BCUT2D eigenvalue weighted by atomic mass is 15.2. The van der Waals surface area contributed by atoms with Crippen LogP contribution in [0.4, 0.5) is 0 Å². The first kappa shape index (κ1) is 14.3. The summed E-state index contributed by atoms with van der Waals surface area (Å²) in [6.45, 7) is 11.0. The second-order valence-electron chi connectivity index (χ2n) is 6.82. The van der Waals surface area contributed by atoms with E-state index in [1.54, 1.807) is 0 Å². The number of likely N-dealkylation sites (tertiary alicyclic amines) is 1. The Kier molecular flexibility index (Phi) is 5.08. The first-order chi connectivity index (χ1) is 8.65. The minimum atomic E-state index is 0.475. The summed E-state index contributed by atoms with van der Waals surface area (Å²) in [6.07, 6.45) is 9.79. The Balaban J connectivity index is 1.90. The highest BCUT2D eigenvalue weighted by molar-refractivity contribution is 4.93. The maximum Gasteiger partial charge on any atom is 0.0182 e. The molecule has 2 nitrogen and oxygen atoms in total. The molecule has 0 aliphatic carbocycles. The molecular weight excluding hydrogens is 220 g/mol. The molecule has 0 bridgehead atoms. The monoisotopic (exact) mass is 252 g/mol. The van der Waals surface area contributed by atoms with Crippen molar-refractivity contribution in [1.82, 2.24) is 10.2 Å². The molecule has 0 radical (unpaired) electrons. The van der Waals surface area contributed by atoms with Crippen molar-refractivity contribution in [3.63, 3.8) is 0 Å². The number of hydrogen-bond acceptors (Lipinski definition) is 2. The summed E-state index contributed by atoms with van der Waals surface area (Å²) in [6, 6.07) is 0.727. The van der Waals surface area contributed by atoms with E-state index in [1.807, 2.05) is 0 Å². The zero-order valence-electron chi connectivity index (χ0n) is 12.7. The van der Waals surface area contributed by atoms with Crippen molar-refractivity contribution in [2.75, 3.05) is 19.6 Å². The fraction of sp³-hybridized carbons (Fsp3) is 1.00. The molecule has 0 spiro atoms. The van der Waals surface area contributed by atoms with Gasteiger partial charge in [0.2, 0.25) is 0 Å². The van der Waals surface area contributed by atoms with Crippen LogP contribution in [0.3, 0.4) is 0 Å². The third-order valence-corrected chi connectivity index (χ3v) is 5.22. The maximum atomic E-state index is 3.86. The van der Waals surface area contributed by atoms with Gasteiger partial charge < -0.3 is 10.2 Å². The Hall–Kier alpha value is -0.0800. The molecule has 1 N–H and O–H groups in total. The van der Waals surface area contributed by atoms with E-state index in [9.17, 15) is 0 Å². The van der Waals surface area contributed by atoms with Crippen molar-refractivity contribution < 1.29 is 0 Å². The molecule has 0 amide bonds. The summed E-state index contributed by atoms with van der Waals surface area (Å²) in [5, 5.41) is 3.86. The fourth-order valence-electron chi connectivity index (χ4n) is 3.94. The van der Waals surface area contributed by atoms with Gasteiger partial charge in [-0.1, -0.05) is 13.3 Å². The number of nitrogens with zero attached hydrogens (tertiary/aromatic N) is 1. The van der Waals surface area contributed by atoms with Crippen molar-refractivity contribution in [2.45, 2.75) is 77.3 Å². The Morgan fingerprint density at radius 2 is 2.11 bits per heavy atom. The van der Waals surface area contributed by atoms with Crippen LogP contribution in [0.25, 0.3) is 0 Å². The smallest absolute Gasteiger partial charge is 0.0182 e. The quantitative estimate of drug-likeness (QED) is 0.825. The Morgan fingerprint density at radius 1 is 1.28 bits per heavy atom. The summed E-state index contributed by atoms with van der Waals surface area (Å²) in [7, 11) is 0. The minimum Gasteiger partial charge on any atom is -0.311 e. The van der Waals surface area contributed by atoms with Gasteiger partial charge in [0.15, 0.2) is 0 Å². The molecule has 0 aromatic rings. The molecule has 0 aromatic carbocycles. The number of hydrogen-bond donors (Lipinski definition) is 1.